The Kier molecular flexibility index (Phi) is 5.66. The first-order valence-electron chi connectivity index (χ1n) is 8.74. The van der Waals surface area contributed by atoms with Crippen molar-refractivity contribution in [1.82, 2.24) is 15.2 Å². The Bertz CT molecular complexity index is 713. The molecule has 0 aliphatic carbocycles. The van der Waals surface area contributed by atoms with E-state index in [2.05, 4.69) is 10.3 Å². The van der Waals surface area contributed by atoms with E-state index in [0.29, 0.717) is 11.5 Å². The molecule has 0 radical (unpaired) electrons. The minimum atomic E-state index is 0.0728. The number of hydrogen-bond acceptors (Lipinski definition) is 4. The molecular formula is C20H25N3O2. The number of ether oxygens (including phenoxy) is 1. The highest BCUT2D eigenvalue weighted by Gasteiger charge is 2.24. The van der Waals surface area contributed by atoms with Gasteiger partial charge in [-0.15, -0.1) is 0 Å². The van der Waals surface area contributed by atoms with Crippen LogP contribution in [-0.2, 0) is 0 Å². The number of piperidine rings is 1. The Hall–Kier alpha value is -2.40. The maximum Gasteiger partial charge on any atom is 0.255 e. The second kappa shape index (κ2) is 8.12. The number of nitrogens with zero attached hydrogens (tertiary/aromatic N) is 2. The molecule has 1 fully saturated rings. The molecule has 1 aliphatic heterocycles. The van der Waals surface area contributed by atoms with E-state index in [1.807, 2.05) is 42.3 Å². The molecule has 1 aliphatic rings. The van der Waals surface area contributed by atoms with Gasteiger partial charge in [-0.2, -0.15) is 0 Å². The van der Waals surface area contributed by atoms with E-state index in [-0.39, 0.29) is 5.91 Å². The average molecular weight is 339 g/mol. The third-order valence-corrected chi connectivity index (χ3v) is 4.71. The summed E-state index contributed by atoms with van der Waals surface area (Å²) in [6.45, 7) is 2.59. The lowest BCUT2D eigenvalue weighted by Crippen LogP contribution is -2.42. The van der Waals surface area contributed by atoms with Crippen molar-refractivity contribution >= 4 is 5.91 Å². The molecule has 2 aromatic rings. The van der Waals surface area contributed by atoms with E-state index in [1.165, 1.54) is 6.42 Å². The van der Waals surface area contributed by atoms with Crippen molar-refractivity contribution in [3.05, 3.63) is 48.3 Å². The van der Waals surface area contributed by atoms with Crippen LogP contribution in [0.2, 0.25) is 0 Å². The molecule has 2 heterocycles. The third-order valence-electron chi connectivity index (χ3n) is 4.71. The van der Waals surface area contributed by atoms with Crippen LogP contribution < -0.4 is 10.1 Å². The van der Waals surface area contributed by atoms with Crippen LogP contribution in [0.25, 0.3) is 11.1 Å². The maximum absolute atomic E-state index is 12.9. The van der Waals surface area contributed by atoms with Crippen molar-refractivity contribution in [2.45, 2.75) is 12.8 Å². The number of carbonyl (C=O) groups is 1. The largest absolute Gasteiger partial charge is 0.497 e. The van der Waals surface area contributed by atoms with Gasteiger partial charge in [-0.05, 0) is 56.1 Å². The van der Waals surface area contributed by atoms with Crippen molar-refractivity contribution in [2.75, 3.05) is 33.8 Å². The van der Waals surface area contributed by atoms with Gasteiger partial charge in [-0.25, -0.2) is 0 Å². The van der Waals surface area contributed by atoms with Crippen molar-refractivity contribution in [3.63, 3.8) is 0 Å². The molecule has 1 saturated heterocycles. The summed E-state index contributed by atoms with van der Waals surface area (Å²) < 4.78 is 5.19. The quantitative estimate of drug-likeness (QED) is 0.910. The summed E-state index contributed by atoms with van der Waals surface area (Å²) in [5.74, 6) is 1.41. The third kappa shape index (κ3) is 4.17. The second-order valence-electron chi connectivity index (χ2n) is 6.51. The highest BCUT2D eigenvalue weighted by atomic mass is 16.5. The van der Waals surface area contributed by atoms with Crippen LogP contribution in [0, 0.1) is 5.92 Å². The number of pyridine rings is 1. The van der Waals surface area contributed by atoms with Gasteiger partial charge in [-0.1, -0.05) is 12.1 Å². The Labute approximate surface area is 149 Å². The number of methoxy groups -OCH3 is 1. The first-order chi connectivity index (χ1) is 12.2. The summed E-state index contributed by atoms with van der Waals surface area (Å²) in [5.41, 5.74) is 2.62. The summed E-state index contributed by atoms with van der Waals surface area (Å²) in [6, 6.07) is 9.72. The lowest BCUT2D eigenvalue weighted by atomic mass is 9.97. The zero-order chi connectivity index (χ0) is 17.6. The molecule has 3 rings (SSSR count). The lowest BCUT2D eigenvalue weighted by molar-refractivity contribution is 0.0674. The van der Waals surface area contributed by atoms with E-state index in [9.17, 15) is 4.79 Å². The molecule has 1 amide bonds. The number of benzene rings is 1. The van der Waals surface area contributed by atoms with Gasteiger partial charge in [-0.3, -0.25) is 9.78 Å². The standard InChI is InChI=1S/C20H25N3O2/c1-21-11-15-4-3-9-23(14-15)20(24)18-10-17(12-22-13-18)16-5-7-19(25-2)8-6-16/h5-8,10,12-13,15,21H,3-4,9,11,14H2,1-2H3/t15-/m0/s1. The predicted octanol–water partition coefficient (Wildman–Crippen LogP) is 2.83. The smallest absolute Gasteiger partial charge is 0.255 e. The van der Waals surface area contributed by atoms with Crippen molar-refractivity contribution < 1.29 is 9.53 Å². The Balaban J connectivity index is 1.77. The van der Waals surface area contributed by atoms with Crippen molar-refractivity contribution in [3.8, 4) is 16.9 Å². The molecule has 132 valence electrons. The SMILES string of the molecule is CNC[C@@H]1CCCN(C(=O)c2cncc(-c3ccc(OC)cc3)c2)C1. The van der Waals surface area contributed by atoms with E-state index in [4.69, 9.17) is 4.74 Å². The molecule has 0 saturated carbocycles. The van der Waals surface area contributed by atoms with Crippen LogP contribution in [0.3, 0.4) is 0 Å². The normalized spacial score (nSPS) is 17.4. The number of aromatic nitrogens is 1. The van der Waals surface area contributed by atoms with Gasteiger partial charge in [0.2, 0.25) is 0 Å². The first kappa shape index (κ1) is 17.4. The van der Waals surface area contributed by atoms with Crippen molar-refractivity contribution in [1.29, 1.82) is 0 Å². The van der Waals surface area contributed by atoms with Crippen LogP contribution in [0.4, 0.5) is 0 Å². The summed E-state index contributed by atoms with van der Waals surface area (Å²) in [4.78, 5) is 19.1. The maximum atomic E-state index is 12.9. The van der Waals surface area contributed by atoms with Crippen LogP contribution in [0.1, 0.15) is 23.2 Å². The number of amides is 1. The van der Waals surface area contributed by atoms with Gasteiger partial charge in [0.25, 0.3) is 5.91 Å². The van der Waals surface area contributed by atoms with Gasteiger partial charge in [0.15, 0.2) is 0 Å². The molecule has 1 N–H and O–H groups in total. The Morgan fingerprint density at radius 3 is 2.80 bits per heavy atom. The van der Waals surface area contributed by atoms with Gasteiger partial charge < -0.3 is 15.0 Å². The van der Waals surface area contributed by atoms with E-state index >= 15 is 0 Å². The van der Waals surface area contributed by atoms with Gasteiger partial charge >= 0.3 is 0 Å². The van der Waals surface area contributed by atoms with Crippen LogP contribution >= 0.6 is 0 Å². The molecule has 5 heteroatoms. The lowest BCUT2D eigenvalue weighted by Gasteiger charge is -2.32. The minimum absolute atomic E-state index is 0.0728. The molecule has 25 heavy (non-hydrogen) atoms. The number of hydrogen-bond donors (Lipinski definition) is 1. The topological polar surface area (TPSA) is 54.5 Å². The Morgan fingerprint density at radius 1 is 1.28 bits per heavy atom. The average Bonchev–Trinajstić information content (AvgIpc) is 2.68. The Morgan fingerprint density at radius 2 is 2.08 bits per heavy atom. The van der Waals surface area contributed by atoms with Gasteiger partial charge in [0.1, 0.15) is 5.75 Å². The summed E-state index contributed by atoms with van der Waals surface area (Å²) in [7, 11) is 3.61. The summed E-state index contributed by atoms with van der Waals surface area (Å²) >= 11 is 0. The van der Waals surface area contributed by atoms with Crippen LogP contribution in [0.15, 0.2) is 42.7 Å². The highest BCUT2D eigenvalue weighted by molar-refractivity contribution is 5.95. The second-order valence-corrected chi connectivity index (χ2v) is 6.51. The molecule has 0 spiro atoms. The molecule has 1 aromatic carbocycles. The zero-order valence-electron chi connectivity index (χ0n) is 14.9. The zero-order valence-corrected chi connectivity index (χ0v) is 14.9. The van der Waals surface area contributed by atoms with Gasteiger partial charge in [0, 0.05) is 31.0 Å². The molecule has 0 unspecified atom stereocenters. The van der Waals surface area contributed by atoms with E-state index in [1.54, 1.807) is 19.5 Å². The molecule has 5 nitrogen and oxygen atoms in total. The van der Waals surface area contributed by atoms with Crippen LogP contribution in [0.5, 0.6) is 5.75 Å². The van der Waals surface area contributed by atoms with E-state index < -0.39 is 0 Å². The van der Waals surface area contributed by atoms with Crippen LogP contribution in [-0.4, -0.2) is 49.6 Å². The molecule has 0 bridgehead atoms. The number of likely N-dealkylation sites (tertiary alicyclic amines) is 1. The fraction of sp³-hybridized carbons (Fsp3) is 0.400. The monoisotopic (exact) mass is 339 g/mol. The molecule has 1 aromatic heterocycles. The number of rotatable bonds is 5. The summed E-state index contributed by atoms with van der Waals surface area (Å²) in [6.07, 6.45) is 5.69. The molecular weight excluding hydrogens is 314 g/mol. The van der Waals surface area contributed by atoms with E-state index in [0.717, 1.165) is 42.9 Å². The predicted molar refractivity (Wildman–Crippen MR) is 98.8 cm³/mol. The fourth-order valence-corrected chi connectivity index (χ4v) is 3.39. The van der Waals surface area contributed by atoms with Gasteiger partial charge in [0.05, 0.1) is 12.7 Å². The van der Waals surface area contributed by atoms with Crippen molar-refractivity contribution in [2.24, 2.45) is 5.92 Å². The molecule has 1 atom stereocenters. The summed E-state index contributed by atoms with van der Waals surface area (Å²) in [5, 5.41) is 3.22. The minimum Gasteiger partial charge on any atom is -0.497 e. The number of nitrogens with one attached hydrogen (secondary N) is 1. The number of carbonyl (C=O) groups excluding carboxylic acids is 1. The fourth-order valence-electron chi connectivity index (χ4n) is 3.39. The highest BCUT2D eigenvalue weighted by Crippen LogP contribution is 2.24. The first-order valence-corrected chi connectivity index (χ1v) is 8.74.